The lowest BCUT2D eigenvalue weighted by molar-refractivity contribution is 0.219. The Balaban J connectivity index is 0.957. The largest absolute Gasteiger partial charge is 0.372 e. The Morgan fingerprint density at radius 3 is 2.28 bits per heavy atom. The third-order valence-electron chi connectivity index (χ3n) is 11.1. The number of fused-ring (bicyclic) bond motifs is 1. The van der Waals surface area contributed by atoms with Gasteiger partial charge in [0.05, 0.1) is 6.67 Å². The molecule has 4 heteroatoms. The zero-order valence-corrected chi connectivity index (χ0v) is 28.1. The lowest BCUT2D eigenvalue weighted by Gasteiger charge is -2.36. The van der Waals surface area contributed by atoms with Crippen LogP contribution < -0.4 is 4.90 Å². The molecule has 0 amide bonds. The molecule has 4 aliphatic rings. The van der Waals surface area contributed by atoms with Crippen LogP contribution in [0.3, 0.4) is 0 Å². The number of benzene rings is 3. The van der Waals surface area contributed by atoms with E-state index in [0.29, 0.717) is 11.8 Å². The smallest absolute Gasteiger partial charge is 0.0705 e. The molecule has 46 heavy (non-hydrogen) atoms. The van der Waals surface area contributed by atoms with Crippen molar-refractivity contribution < 1.29 is 0 Å². The first kappa shape index (κ1) is 31.0. The van der Waals surface area contributed by atoms with Crippen molar-refractivity contribution in [3.05, 3.63) is 137 Å². The van der Waals surface area contributed by atoms with E-state index in [9.17, 15) is 0 Å². The van der Waals surface area contributed by atoms with Gasteiger partial charge in [0, 0.05) is 56.6 Å². The van der Waals surface area contributed by atoms with Gasteiger partial charge >= 0.3 is 0 Å². The first-order valence-electron chi connectivity index (χ1n) is 17.7. The van der Waals surface area contributed by atoms with E-state index in [0.717, 1.165) is 58.0 Å². The molecular weight excluding hydrogens is 560 g/mol. The van der Waals surface area contributed by atoms with Crippen LogP contribution in [-0.2, 0) is 6.42 Å². The van der Waals surface area contributed by atoms with Crippen molar-refractivity contribution in [3.63, 3.8) is 0 Å². The van der Waals surface area contributed by atoms with Crippen LogP contribution in [0.5, 0.6) is 0 Å². The van der Waals surface area contributed by atoms with E-state index >= 15 is 0 Å². The van der Waals surface area contributed by atoms with Crippen molar-refractivity contribution in [2.45, 2.75) is 50.4 Å². The lowest BCUT2D eigenvalue weighted by Crippen LogP contribution is -2.38. The van der Waals surface area contributed by atoms with E-state index < -0.39 is 0 Å². The topological polar surface area (TPSA) is 13.0 Å². The zero-order chi connectivity index (χ0) is 31.5. The molecule has 3 aromatic carbocycles. The number of aryl methyl sites for hydroxylation is 1. The van der Waals surface area contributed by atoms with E-state index in [1.165, 1.54) is 77.1 Å². The minimum atomic E-state index is 0.413. The third-order valence-corrected chi connectivity index (χ3v) is 11.1. The second-order valence-corrected chi connectivity index (χ2v) is 14.4. The number of hydrogen-bond donors (Lipinski definition) is 0. The van der Waals surface area contributed by atoms with Gasteiger partial charge in [-0.2, -0.15) is 0 Å². The highest BCUT2D eigenvalue weighted by Gasteiger charge is 2.32. The molecule has 2 fully saturated rings. The molecule has 2 atom stereocenters. The number of likely N-dealkylation sites (N-methyl/N-ethyl adjacent to an activating group) is 1. The van der Waals surface area contributed by atoms with Gasteiger partial charge in [0.2, 0.25) is 0 Å². The maximum Gasteiger partial charge on any atom is 0.0705 e. The number of rotatable bonds is 9. The Bertz CT molecular complexity index is 1540. The minimum Gasteiger partial charge on any atom is -0.372 e. The van der Waals surface area contributed by atoms with Crippen LogP contribution >= 0.6 is 0 Å². The summed E-state index contributed by atoms with van der Waals surface area (Å²) in [6.07, 6.45) is 11.7. The Morgan fingerprint density at radius 1 is 0.761 bits per heavy atom. The van der Waals surface area contributed by atoms with E-state index in [-0.39, 0.29) is 0 Å². The molecule has 2 unspecified atom stereocenters. The third kappa shape index (κ3) is 6.75. The molecule has 3 aromatic rings. The van der Waals surface area contributed by atoms with Crippen LogP contribution in [0.4, 0.5) is 5.69 Å². The van der Waals surface area contributed by atoms with E-state index in [2.05, 4.69) is 131 Å². The Morgan fingerprint density at radius 2 is 1.52 bits per heavy atom. The quantitative estimate of drug-likeness (QED) is 0.242. The summed E-state index contributed by atoms with van der Waals surface area (Å²) in [6.45, 7) is 12.1. The maximum atomic E-state index is 4.08. The molecule has 2 heterocycles. The molecule has 0 N–H and O–H groups in total. The molecule has 7 rings (SSSR count). The molecule has 0 spiro atoms. The van der Waals surface area contributed by atoms with E-state index in [4.69, 9.17) is 0 Å². The average molecular weight is 613 g/mol. The van der Waals surface area contributed by atoms with Gasteiger partial charge in [0.25, 0.3) is 0 Å². The Kier molecular flexibility index (Phi) is 9.46. The fraction of sp³-hybridized carbons (Fsp3) is 0.429. The number of hydrogen-bond acceptors (Lipinski definition) is 4. The average Bonchev–Trinajstić information content (AvgIpc) is 3.57. The normalized spacial score (nSPS) is 22.7. The first-order chi connectivity index (χ1) is 22.6. The lowest BCUT2D eigenvalue weighted by atomic mass is 9.69. The predicted octanol–water partition coefficient (Wildman–Crippen LogP) is 8.06. The number of nitrogens with zero attached hydrogens (tertiary/aromatic N) is 4. The molecule has 0 saturated carbocycles. The SMILES string of the molecule is C=CC1=C(CN(C)C)C=C(N2CCN(CC3CCN(c4ccc(C5c6ccccc6CCC5c5ccccc5)cc4)CC3)C2)CC1. The number of anilines is 1. The van der Waals surface area contributed by atoms with Gasteiger partial charge < -0.3 is 14.7 Å². The monoisotopic (exact) mass is 612 g/mol. The van der Waals surface area contributed by atoms with Crippen LogP contribution in [-0.4, -0.2) is 74.7 Å². The summed E-state index contributed by atoms with van der Waals surface area (Å²) in [5.74, 6) is 1.73. The minimum absolute atomic E-state index is 0.413. The number of piperidine rings is 1. The van der Waals surface area contributed by atoms with Gasteiger partial charge in [-0.25, -0.2) is 0 Å². The fourth-order valence-corrected chi connectivity index (χ4v) is 8.65. The molecule has 4 nitrogen and oxygen atoms in total. The summed E-state index contributed by atoms with van der Waals surface area (Å²) >= 11 is 0. The highest BCUT2D eigenvalue weighted by Crippen LogP contribution is 2.46. The van der Waals surface area contributed by atoms with Gasteiger partial charge in [-0.3, -0.25) is 4.90 Å². The standard InChI is InChI=1S/C42H52N4/c1-4-33-14-20-39(28-37(33)30-43(2)3)46-27-26-44(31-46)29-32-22-24-45(25-23-32)38-18-15-36(16-19-38)42-40-13-9-8-12-35(40)17-21-41(42)34-10-6-5-7-11-34/h4-13,15-16,18-19,28,32,41-42H,1,14,17,20-27,29-31H2,2-3H3. The van der Waals surface area contributed by atoms with Gasteiger partial charge in [0.1, 0.15) is 0 Å². The van der Waals surface area contributed by atoms with E-state index in [1.807, 2.05) is 0 Å². The second-order valence-electron chi connectivity index (χ2n) is 14.4. The van der Waals surface area contributed by atoms with Crippen molar-refractivity contribution >= 4 is 5.69 Å². The predicted molar refractivity (Wildman–Crippen MR) is 193 cm³/mol. The van der Waals surface area contributed by atoms with E-state index in [1.54, 1.807) is 0 Å². The summed E-state index contributed by atoms with van der Waals surface area (Å²) in [5.41, 5.74) is 11.7. The first-order valence-corrected chi connectivity index (χ1v) is 17.7. The number of allylic oxidation sites excluding steroid dienone is 3. The van der Waals surface area contributed by atoms with Crippen molar-refractivity contribution in [1.82, 2.24) is 14.7 Å². The summed E-state index contributed by atoms with van der Waals surface area (Å²) < 4.78 is 0. The van der Waals surface area contributed by atoms with Crippen LogP contribution in [0.1, 0.15) is 66.2 Å². The zero-order valence-electron chi connectivity index (χ0n) is 28.1. The molecule has 2 aliphatic heterocycles. The van der Waals surface area contributed by atoms with Crippen LogP contribution in [0.2, 0.25) is 0 Å². The summed E-state index contributed by atoms with van der Waals surface area (Å²) in [7, 11) is 4.32. The molecular formula is C42H52N4. The van der Waals surface area contributed by atoms with Crippen molar-refractivity contribution in [3.8, 4) is 0 Å². The van der Waals surface area contributed by atoms with Crippen LogP contribution in [0.15, 0.2) is 114 Å². The molecule has 2 saturated heterocycles. The maximum absolute atomic E-state index is 4.08. The summed E-state index contributed by atoms with van der Waals surface area (Å²) in [6, 6.07) is 30.0. The van der Waals surface area contributed by atoms with Gasteiger partial charge in [-0.15, -0.1) is 0 Å². The van der Waals surface area contributed by atoms with Crippen molar-refractivity contribution in [1.29, 1.82) is 0 Å². The van der Waals surface area contributed by atoms with Crippen molar-refractivity contribution in [2.24, 2.45) is 5.92 Å². The van der Waals surface area contributed by atoms with Crippen LogP contribution in [0.25, 0.3) is 0 Å². The Hall–Kier alpha value is -3.60. The molecule has 0 aromatic heterocycles. The van der Waals surface area contributed by atoms with Crippen LogP contribution in [0, 0.1) is 5.92 Å². The highest BCUT2D eigenvalue weighted by atomic mass is 15.4. The fourth-order valence-electron chi connectivity index (χ4n) is 8.65. The van der Waals surface area contributed by atoms with Crippen molar-refractivity contribution in [2.75, 3.05) is 64.9 Å². The summed E-state index contributed by atoms with van der Waals surface area (Å²) in [4.78, 5) is 10.2. The Labute approximate surface area is 277 Å². The van der Waals surface area contributed by atoms with Gasteiger partial charge in [-0.05, 0) is 116 Å². The molecule has 0 bridgehead atoms. The second kappa shape index (κ2) is 14.0. The van der Waals surface area contributed by atoms with Gasteiger partial charge in [0.15, 0.2) is 0 Å². The summed E-state index contributed by atoms with van der Waals surface area (Å²) in [5, 5.41) is 0. The highest BCUT2D eigenvalue weighted by molar-refractivity contribution is 5.52. The molecule has 240 valence electrons. The molecule has 2 aliphatic carbocycles. The van der Waals surface area contributed by atoms with Gasteiger partial charge in [-0.1, -0.05) is 79.4 Å². The molecule has 0 radical (unpaired) electrons.